The van der Waals surface area contributed by atoms with Gasteiger partial charge in [0.15, 0.2) is 0 Å². The standard InChI is InChI=1S/C13H17N5O2S/c1-2-5-15-13-8-12(4-7-16-13)21(19,20)18-9-11-3-6-14-10-17-11/h3-4,6-8,10,18H,2,5,9H2,1H3,(H,15,16). The summed E-state index contributed by atoms with van der Waals surface area (Å²) in [7, 11) is -3.60. The van der Waals surface area contributed by atoms with E-state index < -0.39 is 10.0 Å². The van der Waals surface area contributed by atoms with E-state index in [1.165, 1.54) is 24.7 Å². The lowest BCUT2D eigenvalue weighted by Crippen LogP contribution is -2.24. The number of hydrogen-bond donors (Lipinski definition) is 2. The molecule has 2 aromatic rings. The van der Waals surface area contributed by atoms with Crippen LogP contribution in [0, 0.1) is 0 Å². The third-order valence-corrected chi connectivity index (χ3v) is 4.08. The molecule has 2 aromatic heterocycles. The molecule has 0 amide bonds. The zero-order valence-corrected chi connectivity index (χ0v) is 12.5. The highest BCUT2D eigenvalue weighted by molar-refractivity contribution is 7.89. The Bertz CT molecular complexity index is 676. The number of pyridine rings is 1. The second-order valence-corrected chi connectivity index (χ2v) is 6.10. The van der Waals surface area contributed by atoms with Gasteiger partial charge >= 0.3 is 0 Å². The van der Waals surface area contributed by atoms with Crippen LogP contribution >= 0.6 is 0 Å². The van der Waals surface area contributed by atoms with Crippen LogP contribution in [0.15, 0.2) is 41.8 Å². The summed E-state index contributed by atoms with van der Waals surface area (Å²) in [6, 6.07) is 4.63. The molecule has 0 aliphatic rings. The van der Waals surface area contributed by atoms with Crippen molar-refractivity contribution in [2.45, 2.75) is 24.8 Å². The molecule has 0 fully saturated rings. The van der Waals surface area contributed by atoms with E-state index in [1.807, 2.05) is 6.92 Å². The molecule has 0 aromatic carbocycles. The Labute approximate surface area is 123 Å². The summed E-state index contributed by atoms with van der Waals surface area (Å²) < 4.78 is 26.9. The number of sulfonamides is 1. The lowest BCUT2D eigenvalue weighted by molar-refractivity contribution is 0.580. The van der Waals surface area contributed by atoms with Crippen molar-refractivity contribution in [3.05, 3.63) is 42.6 Å². The first-order valence-electron chi connectivity index (χ1n) is 6.56. The molecule has 0 unspecified atom stereocenters. The summed E-state index contributed by atoms with van der Waals surface area (Å²) in [6.07, 6.45) is 5.35. The molecule has 7 nitrogen and oxygen atoms in total. The van der Waals surface area contributed by atoms with Crippen LogP contribution in [-0.2, 0) is 16.6 Å². The second kappa shape index (κ2) is 7.09. The zero-order valence-electron chi connectivity index (χ0n) is 11.7. The van der Waals surface area contributed by atoms with Crippen LogP contribution in [0.3, 0.4) is 0 Å². The van der Waals surface area contributed by atoms with Crippen molar-refractivity contribution in [3.63, 3.8) is 0 Å². The van der Waals surface area contributed by atoms with Crippen LogP contribution < -0.4 is 10.0 Å². The molecule has 0 aliphatic carbocycles. The molecule has 2 heterocycles. The van der Waals surface area contributed by atoms with Crippen molar-refractivity contribution in [2.24, 2.45) is 0 Å². The number of aromatic nitrogens is 3. The quantitative estimate of drug-likeness (QED) is 0.797. The van der Waals surface area contributed by atoms with Gasteiger partial charge in [0.05, 0.1) is 17.1 Å². The van der Waals surface area contributed by atoms with Gasteiger partial charge in [0, 0.05) is 25.0 Å². The van der Waals surface area contributed by atoms with E-state index in [4.69, 9.17) is 0 Å². The molecule has 112 valence electrons. The number of hydrogen-bond acceptors (Lipinski definition) is 6. The Hall–Kier alpha value is -2.06. The number of rotatable bonds is 7. The minimum atomic E-state index is -3.60. The van der Waals surface area contributed by atoms with Gasteiger partial charge < -0.3 is 5.32 Å². The van der Waals surface area contributed by atoms with Crippen LogP contribution in [0.2, 0.25) is 0 Å². The van der Waals surface area contributed by atoms with Crippen molar-refractivity contribution in [3.8, 4) is 0 Å². The minimum absolute atomic E-state index is 0.116. The van der Waals surface area contributed by atoms with Gasteiger partial charge in [-0.25, -0.2) is 28.1 Å². The van der Waals surface area contributed by atoms with Gasteiger partial charge in [-0.3, -0.25) is 0 Å². The highest BCUT2D eigenvalue weighted by Crippen LogP contribution is 2.13. The van der Waals surface area contributed by atoms with Crippen LogP contribution in [0.5, 0.6) is 0 Å². The number of anilines is 1. The van der Waals surface area contributed by atoms with Crippen LogP contribution in [-0.4, -0.2) is 29.9 Å². The average molecular weight is 307 g/mol. The third kappa shape index (κ3) is 4.47. The van der Waals surface area contributed by atoms with Crippen molar-refractivity contribution in [2.75, 3.05) is 11.9 Å². The second-order valence-electron chi connectivity index (χ2n) is 4.33. The maximum atomic E-state index is 12.2. The maximum Gasteiger partial charge on any atom is 0.241 e. The average Bonchev–Trinajstić information content (AvgIpc) is 2.52. The van der Waals surface area contributed by atoms with Crippen molar-refractivity contribution in [1.29, 1.82) is 0 Å². The Morgan fingerprint density at radius 3 is 2.76 bits per heavy atom. The Kier molecular flexibility index (Phi) is 5.18. The molecule has 0 atom stereocenters. The van der Waals surface area contributed by atoms with Gasteiger partial charge in [0.1, 0.15) is 12.1 Å². The first-order valence-corrected chi connectivity index (χ1v) is 8.04. The molecule has 8 heteroatoms. The van der Waals surface area contributed by atoms with Gasteiger partial charge in [0.2, 0.25) is 10.0 Å². The highest BCUT2D eigenvalue weighted by Gasteiger charge is 2.14. The molecule has 21 heavy (non-hydrogen) atoms. The van der Waals surface area contributed by atoms with E-state index in [1.54, 1.807) is 12.3 Å². The number of nitrogens with zero attached hydrogens (tertiary/aromatic N) is 3. The topological polar surface area (TPSA) is 96.9 Å². The van der Waals surface area contributed by atoms with E-state index in [0.717, 1.165) is 13.0 Å². The molecule has 0 radical (unpaired) electrons. The summed E-state index contributed by atoms with van der Waals surface area (Å²) in [6.45, 7) is 2.88. The van der Waals surface area contributed by atoms with Crippen molar-refractivity contribution >= 4 is 15.8 Å². The van der Waals surface area contributed by atoms with Gasteiger partial charge in [-0.15, -0.1) is 0 Å². The molecule has 0 bridgehead atoms. The molecule has 0 aliphatic heterocycles. The van der Waals surface area contributed by atoms with Crippen LogP contribution in [0.4, 0.5) is 5.82 Å². The normalized spacial score (nSPS) is 11.3. The maximum absolute atomic E-state index is 12.2. The molecule has 2 rings (SSSR count). The van der Waals surface area contributed by atoms with E-state index in [2.05, 4.69) is 25.0 Å². The summed E-state index contributed by atoms with van der Waals surface area (Å²) in [4.78, 5) is 12.0. The Balaban J connectivity index is 2.08. The summed E-state index contributed by atoms with van der Waals surface area (Å²) >= 11 is 0. The van der Waals surface area contributed by atoms with Gasteiger partial charge in [-0.1, -0.05) is 6.92 Å². The molecule has 0 saturated carbocycles. The lowest BCUT2D eigenvalue weighted by Gasteiger charge is -2.08. The van der Waals surface area contributed by atoms with Crippen molar-refractivity contribution in [1.82, 2.24) is 19.7 Å². The lowest BCUT2D eigenvalue weighted by atomic mass is 10.4. The van der Waals surface area contributed by atoms with Crippen LogP contribution in [0.1, 0.15) is 19.0 Å². The number of nitrogens with one attached hydrogen (secondary N) is 2. The van der Waals surface area contributed by atoms with Gasteiger partial charge in [-0.05, 0) is 18.6 Å². The summed E-state index contributed by atoms with van der Waals surface area (Å²) in [5.74, 6) is 0.543. The SMILES string of the molecule is CCCNc1cc(S(=O)(=O)NCc2ccncn2)ccn1. The highest BCUT2D eigenvalue weighted by atomic mass is 32.2. The van der Waals surface area contributed by atoms with Gasteiger partial charge in [-0.2, -0.15) is 0 Å². The fraction of sp³-hybridized carbons (Fsp3) is 0.308. The molecular weight excluding hydrogens is 290 g/mol. The Morgan fingerprint density at radius 1 is 1.19 bits per heavy atom. The zero-order chi connectivity index (χ0) is 15.1. The minimum Gasteiger partial charge on any atom is -0.370 e. The third-order valence-electron chi connectivity index (χ3n) is 2.68. The first-order chi connectivity index (χ1) is 10.1. The summed E-state index contributed by atoms with van der Waals surface area (Å²) in [5.41, 5.74) is 0.604. The molecular formula is C13H17N5O2S. The van der Waals surface area contributed by atoms with E-state index >= 15 is 0 Å². The fourth-order valence-corrected chi connectivity index (χ4v) is 2.61. The predicted octanol–water partition coefficient (Wildman–Crippen LogP) is 1.17. The molecule has 0 spiro atoms. The Morgan fingerprint density at radius 2 is 2.05 bits per heavy atom. The van der Waals surface area contributed by atoms with Crippen LogP contribution in [0.25, 0.3) is 0 Å². The largest absolute Gasteiger partial charge is 0.370 e. The molecule has 0 saturated heterocycles. The van der Waals surface area contributed by atoms with Crippen molar-refractivity contribution < 1.29 is 8.42 Å². The monoisotopic (exact) mass is 307 g/mol. The van der Waals surface area contributed by atoms with E-state index in [-0.39, 0.29) is 11.4 Å². The van der Waals surface area contributed by atoms with Gasteiger partial charge in [0.25, 0.3) is 0 Å². The predicted molar refractivity (Wildman–Crippen MR) is 79.1 cm³/mol. The molecule has 2 N–H and O–H groups in total. The summed E-state index contributed by atoms with van der Waals surface area (Å²) in [5, 5.41) is 3.06. The first kappa shape index (κ1) is 15.3. The smallest absolute Gasteiger partial charge is 0.241 e. The van der Waals surface area contributed by atoms with E-state index in [9.17, 15) is 8.42 Å². The fourth-order valence-electron chi connectivity index (χ4n) is 1.60. The van der Waals surface area contributed by atoms with E-state index in [0.29, 0.717) is 11.5 Å².